The molecule has 0 saturated heterocycles. The highest BCUT2D eigenvalue weighted by molar-refractivity contribution is 6.27. The van der Waals surface area contributed by atoms with Gasteiger partial charge in [0, 0.05) is 47.4 Å². The lowest BCUT2D eigenvalue weighted by Gasteiger charge is -2.17. The molecule has 0 fully saturated rings. The van der Waals surface area contributed by atoms with Crippen molar-refractivity contribution < 1.29 is 18.8 Å². The lowest BCUT2D eigenvalue weighted by molar-refractivity contribution is 0.104. The van der Waals surface area contributed by atoms with Gasteiger partial charge in [0.15, 0.2) is 17.3 Å². The Morgan fingerprint density at radius 2 is 1.81 bits per heavy atom. The van der Waals surface area contributed by atoms with Crippen LogP contribution in [-0.4, -0.2) is 39.7 Å². The molecule has 9 nitrogen and oxygen atoms in total. The highest BCUT2D eigenvalue weighted by Gasteiger charge is 2.33. The molecule has 6 rings (SSSR count). The fourth-order valence-electron chi connectivity index (χ4n) is 4.77. The number of rotatable bonds is 6. The van der Waals surface area contributed by atoms with E-state index in [-0.39, 0.29) is 30.1 Å². The van der Waals surface area contributed by atoms with E-state index in [9.17, 15) is 9.59 Å². The lowest BCUT2D eigenvalue weighted by Crippen LogP contribution is -2.25. The molecule has 5 aromatic rings. The second kappa shape index (κ2) is 8.46. The first-order valence-electron chi connectivity index (χ1n) is 11.3. The number of hydrogen-bond acceptors (Lipinski definition) is 8. The van der Waals surface area contributed by atoms with Gasteiger partial charge in [-0.1, -0.05) is 29.4 Å². The van der Waals surface area contributed by atoms with Gasteiger partial charge in [0.05, 0.1) is 30.9 Å². The van der Waals surface area contributed by atoms with E-state index in [4.69, 9.17) is 14.0 Å². The molecule has 0 aliphatic heterocycles. The topological polar surface area (TPSA) is 109 Å². The van der Waals surface area contributed by atoms with Gasteiger partial charge in [0.25, 0.3) is 5.56 Å². The first-order chi connectivity index (χ1) is 17.6. The van der Waals surface area contributed by atoms with Gasteiger partial charge < -0.3 is 18.6 Å². The summed E-state index contributed by atoms with van der Waals surface area (Å²) in [5.74, 6) is 1.35. The molecule has 0 saturated carbocycles. The van der Waals surface area contributed by atoms with Crippen molar-refractivity contribution in [3.05, 3.63) is 88.3 Å². The SMILES string of the molecule is COc1ccc2c3c(n(CCc4nc(-c5cccnc5)no4)c(=O)c2c1OC)-c1ccccc1C3=O. The summed E-state index contributed by atoms with van der Waals surface area (Å²) >= 11 is 0. The third kappa shape index (κ3) is 3.20. The van der Waals surface area contributed by atoms with Gasteiger partial charge >= 0.3 is 0 Å². The van der Waals surface area contributed by atoms with E-state index in [0.717, 1.165) is 5.56 Å². The maximum atomic E-state index is 13.9. The Labute approximate surface area is 204 Å². The molecule has 0 bridgehead atoms. The molecule has 1 aliphatic rings. The van der Waals surface area contributed by atoms with Crippen LogP contribution >= 0.6 is 0 Å². The van der Waals surface area contributed by atoms with Crippen LogP contribution in [0.2, 0.25) is 0 Å². The molecular weight excluding hydrogens is 460 g/mol. The van der Waals surface area contributed by atoms with E-state index >= 15 is 0 Å². The summed E-state index contributed by atoms with van der Waals surface area (Å²) in [7, 11) is 2.98. The van der Waals surface area contributed by atoms with Crippen LogP contribution in [-0.2, 0) is 13.0 Å². The fraction of sp³-hybridized carbons (Fsp3) is 0.148. The fourth-order valence-corrected chi connectivity index (χ4v) is 4.77. The van der Waals surface area contributed by atoms with E-state index < -0.39 is 0 Å². The van der Waals surface area contributed by atoms with Crippen molar-refractivity contribution in [3.8, 4) is 34.1 Å². The number of ketones is 1. The Morgan fingerprint density at radius 1 is 0.972 bits per heavy atom. The summed E-state index contributed by atoms with van der Waals surface area (Å²) in [5, 5.41) is 4.86. The van der Waals surface area contributed by atoms with Gasteiger partial charge in [-0.25, -0.2) is 0 Å². The second-order valence-corrected chi connectivity index (χ2v) is 8.28. The van der Waals surface area contributed by atoms with Gasteiger partial charge in [0.2, 0.25) is 11.7 Å². The minimum atomic E-state index is -0.295. The van der Waals surface area contributed by atoms with Crippen LogP contribution in [0.5, 0.6) is 11.5 Å². The number of aryl methyl sites for hydroxylation is 1. The molecule has 3 heterocycles. The highest BCUT2D eigenvalue weighted by atomic mass is 16.5. The van der Waals surface area contributed by atoms with E-state index in [1.54, 1.807) is 41.2 Å². The number of hydrogen-bond donors (Lipinski definition) is 0. The summed E-state index contributed by atoms with van der Waals surface area (Å²) in [6.45, 7) is 0.216. The lowest BCUT2D eigenvalue weighted by atomic mass is 10.0. The molecule has 3 aromatic heterocycles. The molecule has 9 heteroatoms. The van der Waals surface area contributed by atoms with E-state index in [1.165, 1.54) is 14.2 Å². The summed E-state index contributed by atoms with van der Waals surface area (Å²) < 4.78 is 18.0. The molecule has 36 heavy (non-hydrogen) atoms. The third-order valence-electron chi connectivity index (χ3n) is 6.37. The normalized spacial score (nSPS) is 12.0. The van der Waals surface area contributed by atoms with Crippen molar-refractivity contribution in [2.75, 3.05) is 14.2 Å². The Kier molecular flexibility index (Phi) is 5.10. The van der Waals surface area contributed by atoms with Crippen LogP contribution in [0, 0.1) is 0 Å². The van der Waals surface area contributed by atoms with Crippen LogP contribution < -0.4 is 15.0 Å². The predicted octanol–water partition coefficient (Wildman–Crippen LogP) is 3.92. The van der Waals surface area contributed by atoms with E-state index in [1.807, 2.05) is 24.3 Å². The average molecular weight is 480 g/mol. The summed E-state index contributed by atoms with van der Waals surface area (Å²) in [6.07, 6.45) is 3.60. The number of benzene rings is 2. The largest absolute Gasteiger partial charge is 0.493 e. The minimum absolute atomic E-state index is 0.136. The Hall–Kier alpha value is -4.79. The van der Waals surface area contributed by atoms with Crippen LogP contribution in [0.25, 0.3) is 33.4 Å². The molecule has 0 spiro atoms. The summed E-state index contributed by atoms with van der Waals surface area (Å²) in [5.41, 5.74) is 2.75. The summed E-state index contributed by atoms with van der Waals surface area (Å²) in [4.78, 5) is 36.0. The maximum Gasteiger partial charge on any atom is 0.262 e. The zero-order valence-corrected chi connectivity index (χ0v) is 19.5. The zero-order valence-electron chi connectivity index (χ0n) is 19.5. The monoisotopic (exact) mass is 480 g/mol. The standard InChI is InChI=1S/C27H20N4O5/c1-34-19-10-9-18-21-23(16-7-3-4-8-17(16)24(21)32)31(27(33)22(18)25(19)35-2)13-11-20-29-26(30-36-20)15-6-5-12-28-14-15/h3-10,12,14H,11,13H2,1-2H3. The van der Waals surface area contributed by atoms with Crippen molar-refractivity contribution in [2.45, 2.75) is 13.0 Å². The van der Waals surface area contributed by atoms with Gasteiger partial charge in [-0.05, 0) is 24.3 Å². The van der Waals surface area contributed by atoms with Gasteiger partial charge in [-0.2, -0.15) is 4.98 Å². The van der Waals surface area contributed by atoms with Crippen LogP contribution in [0.4, 0.5) is 0 Å². The number of pyridine rings is 2. The van der Waals surface area contributed by atoms with Crippen molar-refractivity contribution in [2.24, 2.45) is 0 Å². The number of fused-ring (bicyclic) bond motifs is 5. The number of carbonyl (C=O) groups excluding carboxylic acids is 1. The number of ether oxygens (including phenoxy) is 2. The maximum absolute atomic E-state index is 13.9. The highest BCUT2D eigenvalue weighted by Crippen LogP contribution is 2.43. The number of carbonyl (C=O) groups is 1. The minimum Gasteiger partial charge on any atom is -0.493 e. The third-order valence-corrected chi connectivity index (χ3v) is 6.37. The molecule has 0 amide bonds. The number of aromatic nitrogens is 4. The molecule has 0 unspecified atom stereocenters. The average Bonchev–Trinajstić information content (AvgIpc) is 3.51. The first-order valence-corrected chi connectivity index (χ1v) is 11.3. The van der Waals surface area contributed by atoms with Gasteiger partial charge in [-0.15, -0.1) is 0 Å². The molecule has 0 atom stereocenters. The number of nitrogens with zero attached hydrogens (tertiary/aromatic N) is 4. The Balaban J connectivity index is 1.52. The van der Waals surface area contributed by atoms with Crippen molar-refractivity contribution in [1.82, 2.24) is 19.7 Å². The van der Waals surface area contributed by atoms with Crippen LogP contribution in [0.3, 0.4) is 0 Å². The molecule has 0 N–H and O–H groups in total. The smallest absolute Gasteiger partial charge is 0.262 e. The second-order valence-electron chi connectivity index (χ2n) is 8.28. The van der Waals surface area contributed by atoms with Crippen molar-refractivity contribution >= 4 is 16.6 Å². The molecule has 178 valence electrons. The Bertz CT molecular complexity index is 1710. The van der Waals surface area contributed by atoms with Crippen LogP contribution in [0.15, 0.2) is 70.2 Å². The van der Waals surface area contributed by atoms with Gasteiger partial charge in [0.1, 0.15) is 0 Å². The molecule has 0 radical (unpaired) electrons. The quantitative estimate of drug-likeness (QED) is 0.353. The van der Waals surface area contributed by atoms with E-state index in [2.05, 4.69) is 15.1 Å². The number of methoxy groups -OCH3 is 2. The van der Waals surface area contributed by atoms with E-state index in [0.29, 0.717) is 50.6 Å². The van der Waals surface area contributed by atoms with Crippen LogP contribution in [0.1, 0.15) is 21.8 Å². The van der Waals surface area contributed by atoms with Crippen molar-refractivity contribution in [3.63, 3.8) is 0 Å². The Morgan fingerprint density at radius 3 is 2.56 bits per heavy atom. The van der Waals surface area contributed by atoms with Gasteiger partial charge in [-0.3, -0.25) is 14.6 Å². The zero-order chi connectivity index (χ0) is 24.8. The molecular formula is C27H20N4O5. The predicted molar refractivity (Wildman–Crippen MR) is 131 cm³/mol. The van der Waals surface area contributed by atoms with Crippen molar-refractivity contribution in [1.29, 1.82) is 0 Å². The summed E-state index contributed by atoms with van der Waals surface area (Å²) in [6, 6.07) is 14.4. The molecule has 1 aliphatic carbocycles. The first kappa shape index (κ1) is 21.7. The molecule has 2 aromatic carbocycles.